The topological polar surface area (TPSA) is 33.5 Å². The zero-order valence-electron chi connectivity index (χ0n) is 12.1. The Morgan fingerprint density at radius 1 is 1.30 bits per heavy atom. The van der Waals surface area contributed by atoms with Crippen molar-refractivity contribution in [2.75, 3.05) is 12.4 Å². The van der Waals surface area contributed by atoms with Gasteiger partial charge in [0.2, 0.25) is 0 Å². The van der Waals surface area contributed by atoms with Crippen molar-refractivity contribution >= 4 is 22.9 Å². The molecule has 4 heteroatoms. The van der Waals surface area contributed by atoms with Gasteiger partial charge in [-0.05, 0) is 43.0 Å². The SMILES string of the molecule is Cc1ccsc1C[NH+](C)[C@@H](C)C(=O)Nc1ccccc1. The van der Waals surface area contributed by atoms with E-state index in [-0.39, 0.29) is 11.9 Å². The maximum Gasteiger partial charge on any atom is 0.282 e. The minimum atomic E-state index is -0.0864. The number of rotatable bonds is 5. The number of carbonyl (C=O) groups is 1. The molecular formula is C16H21N2OS+. The fraction of sp³-hybridized carbons (Fsp3) is 0.312. The van der Waals surface area contributed by atoms with E-state index in [1.165, 1.54) is 15.3 Å². The fourth-order valence-electron chi connectivity index (χ4n) is 1.99. The highest BCUT2D eigenvalue weighted by Crippen LogP contribution is 2.13. The van der Waals surface area contributed by atoms with Crippen LogP contribution in [0.3, 0.4) is 0 Å². The number of para-hydroxylation sites is 1. The van der Waals surface area contributed by atoms with E-state index in [9.17, 15) is 4.79 Å². The molecule has 0 fully saturated rings. The molecule has 0 aliphatic heterocycles. The lowest BCUT2D eigenvalue weighted by Gasteiger charge is -2.20. The van der Waals surface area contributed by atoms with Gasteiger partial charge in [-0.2, -0.15) is 0 Å². The summed E-state index contributed by atoms with van der Waals surface area (Å²) in [7, 11) is 2.06. The van der Waals surface area contributed by atoms with Crippen LogP contribution < -0.4 is 10.2 Å². The van der Waals surface area contributed by atoms with Crippen molar-refractivity contribution in [2.45, 2.75) is 26.4 Å². The van der Waals surface area contributed by atoms with E-state index >= 15 is 0 Å². The van der Waals surface area contributed by atoms with E-state index in [4.69, 9.17) is 0 Å². The summed E-state index contributed by atoms with van der Waals surface area (Å²) >= 11 is 1.76. The van der Waals surface area contributed by atoms with Gasteiger partial charge >= 0.3 is 0 Å². The van der Waals surface area contributed by atoms with Crippen LogP contribution in [-0.2, 0) is 11.3 Å². The van der Waals surface area contributed by atoms with E-state index in [1.807, 2.05) is 37.3 Å². The molecule has 2 aromatic rings. The Bertz CT molecular complexity index is 565. The minimum absolute atomic E-state index is 0.0582. The molecular weight excluding hydrogens is 268 g/mol. The van der Waals surface area contributed by atoms with Gasteiger partial charge in [0.25, 0.3) is 5.91 Å². The Morgan fingerprint density at radius 2 is 2.00 bits per heavy atom. The van der Waals surface area contributed by atoms with Gasteiger partial charge in [-0.15, -0.1) is 11.3 Å². The highest BCUT2D eigenvalue weighted by Gasteiger charge is 2.22. The van der Waals surface area contributed by atoms with E-state index < -0.39 is 0 Å². The van der Waals surface area contributed by atoms with Gasteiger partial charge in [-0.25, -0.2) is 0 Å². The Labute approximate surface area is 124 Å². The van der Waals surface area contributed by atoms with E-state index in [1.54, 1.807) is 11.3 Å². The standard InChI is InChI=1S/C16H20N2OS/c1-12-9-10-20-15(12)11-18(3)13(2)16(19)17-14-7-5-4-6-8-14/h4-10,13H,11H2,1-3H3,(H,17,19)/p+1/t13-/m0/s1. The van der Waals surface area contributed by atoms with Crippen molar-refractivity contribution in [3.05, 3.63) is 52.2 Å². The zero-order valence-corrected chi connectivity index (χ0v) is 13.0. The van der Waals surface area contributed by atoms with Crippen molar-refractivity contribution in [2.24, 2.45) is 0 Å². The molecule has 2 N–H and O–H groups in total. The summed E-state index contributed by atoms with van der Waals surface area (Å²) in [5, 5.41) is 5.06. The second-order valence-electron chi connectivity index (χ2n) is 5.13. The molecule has 1 unspecified atom stereocenters. The Morgan fingerprint density at radius 3 is 2.60 bits per heavy atom. The maximum atomic E-state index is 12.2. The molecule has 0 bridgehead atoms. The first kappa shape index (κ1) is 14.8. The predicted molar refractivity (Wildman–Crippen MR) is 84.2 cm³/mol. The summed E-state index contributed by atoms with van der Waals surface area (Å²) in [5.74, 6) is 0.0582. The summed E-state index contributed by atoms with van der Waals surface area (Å²) in [6.07, 6.45) is 0. The largest absolute Gasteiger partial charge is 0.323 e. The maximum absolute atomic E-state index is 12.2. The van der Waals surface area contributed by atoms with Gasteiger partial charge < -0.3 is 10.2 Å². The third-order valence-corrected chi connectivity index (χ3v) is 4.60. The molecule has 0 radical (unpaired) electrons. The normalized spacial score (nSPS) is 13.8. The smallest absolute Gasteiger partial charge is 0.282 e. The summed E-state index contributed by atoms with van der Waals surface area (Å²) in [5.41, 5.74) is 2.16. The van der Waals surface area contributed by atoms with E-state index in [0.29, 0.717) is 0 Å². The molecule has 0 spiro atoms. The number of nitrogens with one attached hydrogen (secondary N) is 2. The minimum Gasteiger partial charge on any atom is -0.323 e. The highest BCUT2D eigenvalue weighted by molar-refractivity contribution is 7.10. The molecule has 1 heterocycles. The van der Waals surface area contributed by atoms with E-state index in [0.717, 1.165) is 12.2 Å². The van der Waals surface area contributed by atoms with Gasteiger partial charge in [-0.1, -0.05) is 18.2 Å². The Hall–Kier alpha value is -1.65. The fourth-order valence-corrected chi connectivity index (χ4v) is 2.99. The molecule has 106 valence electrons. The number of hydrogen-bond acceptors (Lipinski definition) is 2. The van der Waals surface area contributed by atoms with Crippen molar-refractivity contribution in [1.82, 2.24) is 0 Å². The molecule has 2 rings (SSSR count). The summed E-state index contributed by atoms with van der Waals surface area (Å²) < 4.78 is 0. The Kier molecular flexibility index (Phi) is 4.93. The average molecular weight is 289 g/mol. The van der Waals surface area contributed by atoms with Crippen LogP contribution >= 0.6 is 11.3 Å². The van der Waals surface area contributed by atoms with Crippen LogP contribution in [0, 0.1) is 6.92 Å². The number of benzene rings is 1. The molecule has 1 aromatic heterocycles. The number of hydrogen-bond donors (Lipinski definition) is 2. The first-order chi connectivity index (χ1) is 9.58. The lowest BCUT2D eigenvalue weighted by Crippen LogP contribution is -3.12. The first-order valence-corrected chi connectivity index (χ1v) is 7.67. The molecule has 0 aliphatic carbocycles. The third kappa shape index (κ3) is 3.68. The molecule has 1 amide bonds. The van der Waals surface area contributed by atoms with Gasteiger partial charge in [-0.3, -0.25) is 4.79 Å². The molecule has 2 atom stereocenters. The molecule has 1 aromatic carbocycles. The van der Waals surface area contributed by atoms with Crippen LogP contribution in [0.25, 0.3) is 0 Å². The number of thiophene rings is 1. The van der Waals surface area contributed by atoms with Crippen LogP contribution in [0.15, 0.2) is 41.8 Å². The molecule has 20 heavy (non-hydrogen) atoms. The quantitative estimate of drug-likeness (QED) is 0.868. The number of likely N-dealkylation sites (N-methyl/N-ethyl adjacent to an activating group) is 1. The third-order valence-electron chi connectivity index (χ3n) is 3.58. The van der Waals surface area contributed by atoms with Crippen LogP contribution in [0.2, 0.25) is 0 Å². The highest BCUT2D eigenvalue weighted by atomic mass is 32.1. The van der Waals surface area contributed by atoms with Crippen LogP contribution in [0.1, 0.15) is 17.4 Å². The summed E-state index contributed by atoms with van der Waals surface area (Å²) in [6, 6.07) is 11.6. The Balaban J connectivity index is 1.94. The predicted octanol–water partition coefficient (Wildman–Crippen LogP) is 2.10. The monoisotopic (exact) mass is 289 g/mol. The van der Waals surface area contributed by atoms with Crippen LogP contribution in [-0.4, -0.2) is 19.0 Å². The number of anilines is 1. The molecule has 3 nitrogen and oxygen atoms in total. The zero-order chi connectivity index (χ0) is 14.5. The summed E-state index contributed by atoms with van der Waals surface area (Å²) in [4.78, 5) is 14.8. The first-order valence-electron chi connectivity index (χ1n) is 6.79. The molecule has 0 saturated heterocycles. The van der Waals surface area contributed by atoms with Gasteiger partial charge in [0.1, 0.15) is 6.54 Å². The number of amides is 1. The van der Waals surface area contributed by atoms with Crippen molar-refractivity contribution < 1.29 is 9.69 Å². The van der Waals surface area contributed by atoms with Crippen molar-refractivity contribution in [1.29, 1.82) is 0 Å². The van der Waals surface area contributed by atoms with Crippen LogP contribution in [0.5, 0.6) is 0 Å². The van der Waals surface area contributed by atoms with Crippen LogP contribution in [0.4, 0.5) is 5.69 Å². The second kappa shape index (κ2) is 6.68. The van der Waals surface area contributed by atoms with Crippen molar-refractivity contribution in [3.63, 3.8) is 0 Å². The molecule has 0 saturated carbocycles. The lowest BCUT2D eigenvalue weighted by molar-refractivity contribution is -0.907. The van der Waals surface area contributed by atoms with Gasteiger partial charge in [0.05, 0.1) is 11.9 Å². The second-order valence-corrected chi connectivity index (χ2v) is 6.13. The number of quaternary nitrogens is 1. The van der Waals surface area contributed by atoms with E-state index in [2.05, 4.69) is 30.7 Å². The summed E-state index contributed by atoms with van der Waals surface area (Å²) in [6.45, 7) is 4.97. The lowest BCUT2D eigenvalue weighted by atomic mass is 10.2. The van der Waals surface area contributed by atoms with Crippen molar-refractivity contribution in [3.8, 4) is 0 Å². The number of carbonyl (C=O) groups excluding carboxylic acids is 1. The number of aryl methyl sites for hydroxylation is 1. The average Bonchev–Trinajstić information content (AvgIpc) is 2.84. The van der Waals surface area contributed by atoms with Gasteiger partial charge in [0, 0.05) is 5.69 Å². The molecule has 0 aliphatic rings. The van der Waals surface area contributed by atoms with Gasteiger partial charge in [0.15, 0.2) is 6.04 Å².